The van der Waals surface area contributed by atoms with E-state index in [-0.39, 0.29) is 6.61 Å². The molecule has 1 aromatic heterocycles. The van der Waals surface area contributed by atoms with E-state index in [2.05, 4.69) is 11.0 Å². The Bertz CT molecular complexity index is 346. The predicted octanol–water partition coefficient (Wildman–Crippen LogP) is 2.24. The second kappa shape index (κ2) is 5.02. The lowest BCUT2D eigenvalue weighted by atomic mass is 10.0. The van der Waals surface area contributed by atoms with Crippen molar-refractivity contribution >= 4 is 0 Å². The molecule has 3 nitrogen and oxygen atoms in total. The Labute approximate surface area is 97.1 Å². The molecule has 0 unspecified atom stereocenters. The molecule has 16 heavy (non-hydrogen) atoms. The molecule has 1 aromatic rings. The Morgan fingerprint density at radius 3 is 2.88 bits per heavy atom. The van der Waals surface area contributed by atoms with Gasteiger partial charge in [-0.3, -0.25) is 4.90 Å². The zero-order chi connectivity index (χ0) is 11.5. The topological polar surface area (TPSA) is 36.6 Å². The maximum atomic E-state index is 9.35. The van der Waals surface area contributed by atoms with E-state index in [9.17, 15) is 5.11 Å². The van der Waals surface area contributed by atoms with Crippen LogP contribution < -0.4 is 0 Å². The van der Waals surface area contributed by atoms with E-state index in [1.54, 1.807) is 0 Å². The summed E-state index contributed by atoms with van der Waals surface area (Å²) in [4.78, 5) is 2.38. The normalized spacial score (nSPS) is 22.6. The van der Waals surface area contributed by atoms with Crippen molar-refractivity contribution in [1.29, 1.82) is 0 Å². The fourth-order valence-corrected chi connectivity index (χ4v) is 2.53. The number of furan rings is 1. The molecule has 90 valence electrons. The number of likely N-dealkylation sites (tertiary alicyclic amines) is 1. The summed E-state index contributed by atoms with van der Waals surface area (Å²) < 4.78 is 5.54. The molecule has 1 aliphatic rings. The van der Waals surface area contributed by atoms with Gasteiger partial charge in [0.25, 0.3) is 0 Å². The predicted molar refractivity (Wildman–Crippen MR) is 63.3 cm³/mol. The van der Waals surface area contributed by atoms with Crippen LogP contribution in [-0.2, 0) is 6.54 Å². The second-order valence-electron chi connectivity index (χ2n) is 4.74. The molecule has 0 aliphatic carbocycles. The number of hydrogen-bond acceptors (Lipinski definition) is 3. The zero-order valence-corrected chi connectivity index (χ0v) is 10.2. The fourth-order valence-electron chi connectivity index (χ4n) is 2.53. The van der Waals surface area contributed by atoms with Gasteiger partial charge in [0.05, 0.1) is 6.61 Å². The van der Waals surface area contributed by atoms with Crippen molar-refractivity contribution < 1.29 is 9.52 Å². The number of piperidine rings is 1. The van der Waals surface area contributed by atoms with Gasteiger partial charge in [0.1, 0.15) is 11.5 Å². The Hall–Kier alpha value is -0.800. The number of aryl methyl sites for hydroxylation is 2. The van der Waals surface area contributed by atoms with E-state index in [1.165, 1.54) is 18.4 Å². The molecule has 1 atom stereocenters. The van der Waals surface area contributed by atoms with Crippen molar-refractivity contribution in [2.24, 2.45) is 0 Å². The van der Waals surface area contributed by atoms with Crippen molar-refractivity contribution in [3.05, 3.63) is 23.2 Å². The first-order valence-electron chi connectivity index (χ1n) is 6.11. The van der Waals surface area contributed by atoms with E-state index in [0.717, 1.165) is 31.0 Å². The van der Waals surface area contributed by atoms with Gasteiger partial charge in [0, 0.05) is 18.2 Å². The van der Waals surface area contributed by atoms with Crippen molar-refractivity contribution in [3.63, 3.8) is 0 Å². The second-order valence-corrected chi connectivity index (χ2v) is 4.74. The molecule has 0 saturated carbocycles. The van der Waals surface area contributed by atoms with Crippen molar-refractivity contribution in [3.8, 4) is 0 Å². The lowest BCUT2D eigenvalue weighted by molar-refractivity contribution is 0.0837. The third-order valence-electron chi connectivity index (χ3n) is 3.48. The van der Waals surface area contributed by atoms with E-state index in [0.29, 0.717) is 6.04 Å². The number of nitrogens with zero attached hydrogens (tertiary/aromatic N) is 1. The van der Waals surface area contributed by atoms with Gasteiger partial charge in [-0.25, -0.2) is 0 Å². The van der Waals surface area contributed by atoms with Crippen molar-refractivity contribution in [2.45, 2.75) is 45.7 Å². The molecule has 2 rings (SSSR count). The summed E-state index contributed by atoms with van der Waals surface area (Å²) in [5, 5.41) is 9.35. The quantitative estimate of drug-likeness (QED) is 0.853. The van der Waals surface area contributed by atoms with Crippen LogP contribution in [0.15, 0.2) is 10.5 Å². The van der Waals surface area contributed by atoms with Crippen LogP contribution in [0.3, 0.4) is 0 Å². The van der Waals surface area contributed by atoms with Crippen LogP contribution in [0.25, 0.3) is 0 Å². The lowest BCUT2D eigenvalue weighted by Crippen LogP contribution is -2.41. The highest BCUT2D eigenvalue weighted by Gasteiger charge is 2.22. The number of aliphatic hydroxyl groups excluding tert-OH is 1. The van der Waals surface area contributed by atoms with Gasteiger partial charge in [-0.05, 0) is 39.3 Å². The minimum Gasteiger partial charge on any atom is -0.466 e. The lowest BCUT2D eigenvalue weighted by Gasteiger charge is -2.34. The van der Waals surface area contributed by atoms with E-state index < -0.39 is 0 Å². The van der Waals surface area contributed by atoms with Crippen LogP contribution in [-0.4, -0.2) is 29.2 Å². The zero-order valence-electron chi connectivity index (χ0n) is 10.2. The average molecular weight is 223 g/mol. The van der Waals surface area contributed by atoms with Crippen LogP contribution in [0, 0.1) is 13.8 Å². The van der Waals surface area contributed by atoms with Crippen LogP contribution >= 0.6 is 0 Å². The molecule has 0 aromatic carbocycles. The Kier molecular flexibility index (Phi) is 3.66. The smallest absolute Gasteiger partial charge is 0.105 e. The molecule has 0 amide bonds. The van der Waals surface area contributed by atoms with Gasteiger partial charge in [-0.1, -0.05) is 6.42 Å². The largest absolute Gasteiger partial charge is 0.466 e. The summed E-state index contributed by atoms with van der Waals surface area (Å²) in [6, 6.07) is 2.45. The third-order valence-corrected chi connectivity index (χ3v) is 3.48. The molecular formula is C13H21NO2. The summed E-state index contributed by atoms with van der Waals surface area (Å²) in [5.41, 5.74) is 1.26. The highest BCUT2D eigenvalue weighted by molar-refractivity contribution is 5.20. The molecule has 1 N–H and O–H groups in total. The highest BCUT2D eigenvalue weighted by atomic mass is 16.3. The molecule has 1 fully saturated rings. The molecule has 1 saturated heterocycles. The minimum atomic E-state index is 0.274. The molecule has 0 radical (unpaired) electrons. The van der Waals surface area contributed by atoms with E-state index in [1.807, 2.05) is 13.8 Å². The first-order valence-corrected chi connectivity index (χ1v) is 6.11. The Morgan fingerprint density at radius 1 is 1.44 bits per heavy atom. The van der Waals surface area contributed by atoms with Gasteiger partial charge in [0.15, 0.2) is 0 Å². The first-order chi connectivity index (χ1) is 7.70. The fraction of sp³-hybridized carbons (Fsp3) is 0.692. The number of rotatable bonds is 3. The maximum absolute atomic E-state index is 9.35. The van der Waals surface area contributed by atoms with Crippen molar-refractivity contribution in [2.75, 3.05) is 13.2 Å². The molecular weight excluding hydrogens is 202 g/mol. The standard InChI is InChI=1S/C13H21NO2/c1-10-7-12(11(2)16-10)8-14-6-4-3-5-13(14)9-15/h7,13,15H,3-6,8-9H2,1-2H3/t13-/m0/s1. The minimum absolute atomic E-state index is 0.274. The summed E-state index contributed by atoms with van der Waals surface area (Å²) >= 11 is 0. The molecule has 0 spiro atoms. The van der Waals surface area contributed by atoms with E-state index >= 15 is 0 Å². The summed E-state index contributed by atoms with van der Waals surface area (Å²) in [6.45, 7) is 6.27. The third kappa shape index (κ3) is 2.47. The van der Waals surface area contributed by atoms with Gasteiger partial charge < -0.3 is 9.52 Å². The van der Waals surface area contributed by atoms with Gasteiger partial charge in [-0.15, -0.1) is 0 Å². The van der Waals surface area contributed by atoms with Crippen LogP contribution in [0.4, 0.5) is 0 Å². The summed E-state index contributed by atoms with van der Waals surface area (Å²) in [5.74, 6) is 1.99. The molecule has 2 heterocycles. The Balaban J connectivity index is 2.04. The summed E-state index contributed by atoms with van der Waals surface area (Å²) in [6.07, 6.45) is 3.60. The van der Waals surface area contributed by atoms with Crippen LogP contribution in [0.5, 0.6) is 0 Å². The molecule has 3 heteroatoms. The number of hydrogen-bond donors (Lipinski definition) is 1. The SMILES string of the molecule is Cc1cc(CN2CCCC[C@H]2CO)c(C)o1. The highest BCUT2D eigenvalue weighted by Crippen LogP contribution is 2.22. The molecule has 0 bridgehead atoms. The van der Waals surface area contributed by atoms with Crippen LogP contribution in [0.1, 0.15) is 36.3 Å². The maximum Gasteiger partial charge on any atom is 0.105 e. The van der Waals surface area contributed by atoms with Crippen LogP contribution in [0.2, 0.25) is 0 Å². The van der Waals surface area contributed by atoms with E-state index in [4.69, 9.17) is 4.42 Å². The first kappa shape index (κ1) is 11.7. The Morgan fingerprint density at radius 2 is 2.25 bits per heavy atom. The summed E-state index contributed by atoms with van der Waals surface area (Å²) in [7, 11) is 0. The van der Waals surface area contributed by atoms with Crippen molar-refractivity contribution in [1.82, 2.24) is 4.90 Å². The van der Waals surface area contributed by atoms with Gasteiger partial charge >= 0.3 is 0 Å². The number of aliphatic hydroxyl groups is 1. The monoisotopic (exact) mass is 223 g/mol. The average Bonchev–Trinajstić information content (AvgIpc) is 2.58. The molecule has 1 aliphatic heterocycles. The van der Waals surface area contributed by atoms with Gasteiger partial charge in [-0.2, -0.15) is 0 Å². The van der Waals surface area contributed by atoms with Gasteiger partial charge in [0.2, 0.25) is 0 Å².